The van der Waals surface area contributed by atoms with Crippen LogP contribution < -0.4 is 0 Å². The molecule has 0 saturated heterocycles. The molecule has 0 fully saturated rings. The van der Waals surface area contributed by atoms with Crippen molar-refractivity contribution in [2.75, 3.05) is 12.3 Å². The third-order valence-electron chi connectivity index (χ3n) is 3.27. The normalized spacial score (nSPS) is 12.2. The van der Waals surface area contributed by atoms with E-state index in [1.54, 1.807) is 0 Å². The van der Waals surface area contributed by atoms with Crippen LogP contribution in [-0.2, 0) is 13.1 Å². The van der Waals surface area contributed by atoms with Crippen molar-refractivity contribution in [3.63, 3.8) is 0 Å². The minimum atomic E-state index is 0.194. The summed E-state index contributed by atoms with van der Waals surface area (Å²) in [6.07, 6.45) is 3.01. The Bertz CT molecular complexity index is 164. The van der Waals surface area contributed by atoms with E-state index in [1.807, 2.05) is 0 Å². The van der Waals surface area contributed by atoms with E-state index in [2.05, 4.69) is 55.4 Å². The SMILES string of the molecule is CC(C)P(CCP(C(C)C)C(C)C)C(C)C.[Cl][Fe][Cl]. The van der Waals surface area contributed by atoms with Crippen LogP contribution in [0.15, 0.2) is 0 Å². The number of hydrogen-bond acceptors (Lipinski definition) is 0. The zero-order valence-corrected chi connectivity index (χ0v) is 18.1. The van der Waals surface area contributed by atoms with Gasteiger partial charge in [0.25, 0.3) is 0 Å². The van der Waals surface area contributed by atoms with Crippen molar-refractivity contribution in [2.45, 2.75) is 78.0 Å². The van der Waals surface area contributed by atoms with Gasteiger partial charge in [-0.1, -0.05) is 55.4 Å². The van der Waals surface area contributed by atoms with Gasteiger partial charge in [-0.15, -0.1) is 15.8 Å². The molecule has 0 aliphatic rings. The summed E-state index contributed by atoms with van der Waals surface area (Å²) in [5, 5.41) is 0. The molecule has 0 spiro atoms. The van der Waals surface area contributed by atoms with Gasteiger partial charge in [-0.2, -0.15) is 0 Å². The predicted octanol–water partition coefficient (Wildman–Crippen LogP) is 6.96. The summed E-state index contributed by atoms with van der Waals surface area (Å²) in [6, 6.07) is 0. The second kappa shape index (κ2) is 13.6. The molecule has 19 heavy (non-hydrogen) atoms. The molecule has 0 N–H and O–H groups in total. The van der Waals surface area contributed by atoms with E-state index in [1.165, 1.54) is 12.3 Å². The number of hydrogen-bond donors (Lipinski definition) is 0. The monoisotopic (exact) mass is 388 g/mol. The van der Waals surface area contributed by atoms with E-state index >= 15 is 0 Å². The topological polar surface area (TPSA) is 0 Å². The molecule has 0 aromatic heterocycles. The molecule has 0 aliphatic carbocycles. The average Bonchev–Trinajstić information content (AvgIpc) is 2.22. The van der Waals surface area contributed by atoms with Crippen molar-refractivity contribution in [1.82, 2.24) is 0 Å². The molecule has 0 radical (unpaired) electrons. The van der Waals surface area contributed by atoms with Crippen LogP contribution in [0, 0.1) is 0 Å². The Balaban J connectivity index is 0. The molecule has 0 amide bonds. The van der Waals surface area contributed by atoms with Crippen molar-refractivity contribution in [1.29, 1.82) is 0 Å². The van der Waals surface area contributed by atoms with E-state index in [0.717, 1.165) is 22.6 Å². The van der Waals surface area contributed by atoms with Crippen LogP contribution in [0.25, 0.3) is 0 Å². The quantitative estimate of drug-likeness (QED) is 0.326. The first kappa shape index (κ1) is 23.2. The Morgan fingerprint density at radius 3 is 0.895 bits per heavy atom. The number of rotatable bonds is 7. The number of halogens is 2. The van der Waals surface area contributed by atoms with E-state index in [-0.39, 0.29) is 29.0 Å². The summed E-state index contributed by atoms with van der Waals surface area (Å²) >= 11 is 0.194. The van der Waals surface area contributed by atoms with Gasteiger partial charge in [0.15, 0.2) is 0 Å². The van der Waals surface area contributed by atoms with Gasteiger partial charge in [0.2, 0.25) is 0 Å². The first-order valence-electron chi connectivity index (χ1n) is 7.05. The van der Waals surface area contributed by atoms with E-state index in [4.69, 9.17) is 20.2 Å². The second-order valence-corrected chi connectivity index (χ2v) is 14.8. The van der Waals surface area contributed by atoms with Crippen molar-refractivity contribution < 1.29 is 13.1 Å². The van der Waals surface area contributed by atoms with Crippen LogP contribution in [0.1, 0.15) is 55.4 Å². The molecule has 0 atom stereocenters. The molecule has 5 heteroatoms. The summed E-state index contributed by atoms with van der Waals surface area (Å²) in [5.41, 5.74) is 3.63. The molecule has 0 heterocycles. The van der Waals surface area contributed by atoms with Crippen LogP contribution in [0.5, 0.6) is 0 Å². The van der Waals surface area contributed by atoms with E-state index in [9.17, 15) is 0 Å². The van der Waals surface area contributed by atoms with Crippen LogP contribution in [0.3, 0.4) is 0 Å². The fourth-order valence-corrected chi connectivity index (χ4v) is 8.75. The van der Waals surface area contributed by atoms with Gasteiger partial charge in [-0.05, 0) is 35.0 Å². The zero-order chi connectivity index (χ0) is 15.6. The standard InChI is InChI=1S/C14H32P2.2ClH.Fe/c1-11(2)15(12(3)4)9-10-16(13(5)6)14(7)8;;;/h11-14H,9-10H2,1-8H3;2*1H;/q;;;+2/p-2. The van der Waals surface area contributed by atoms with Gasteiger partial charge in [0, 0.05) is 0 Å². The Hall–Kier alpha value is 1.96. The van der Waals surface area contributed by atoms with Crippen LogP contribution >= 0.6 is 36.0 Å². The van der Waals surface area contributed by atoms with Crippen LogP contribution in [0.2, 0.25) is 0 Å². The summed E-state index contributed by atoms with van der Waals surface area (Å²) < 4.78 is 0. The van der Waals surface area contributed by atoms with Crippen molar-refractivity contribution in [3.8, 4) is 0 Å². The first-order valence-corrected chi connectivity index (χ1v) is 13.4. The van der Waals surface area contributed by atoms with Gasteiger partial charge >= 0.3 is 33.3 Å². The minimum absolute atomic E-state index is 0.194. The molecule has 0 nitrogen and oxygen atoms in total. The van der Waals surface area contributed by atoms with Crippen molar-refractivity contribution in [2.24, 2.45) is 0 Å². The van der Waals surface area contributed by atoms with E-state index in [0.29, 0.717) is 0 Å². The molecular weight excluding hydrogens is 357 g/mol. The Morgan fingerprint density at radius 1 is 0.632 bits per heavy atom. The molecular formula is C14H32Cl2FeP2. The fraction of sp³-hybridized carbons (Fsp3) is 1.00. The van der Waals surface area contributed by atoms with Gasteiger partial charge in [-0.3, -0.25) is 0 Å². The van der Waals surface area contributed by atoms with E-state index < -0.39 is 0 Å². The van der Waals surface area contributed by atoms with Gasteiger partial charge in [0.1, 0.15) is 0 Å². The Kier molecular flexibility index (Phi) is 16.6. The van der Waals surface area contributed by atoms with Crippen LogP contribution in [0.4, 0.5) is 0 Å². The summed E-state index contributed by atoms with van der Waals surface area (Å²) in [7, 11) is 10.0. The maximum atomic E-state index is 4.76. The van der Waals surface area contributed by atoms with Crippen molar-refractivity contribution >= 4 is 36.0 Å². The Morgan fingerprint density at radius 2 is 0.789 bits per heavy atom. The molecule has 120 valence electrons. The summed E-state index contributed by atoms with van der Waals surface area (Å²) in [5.74, 6) is 0. The van der Waals surface area contributed by atoms with Gasteiger partial charge < -0.3 is 0 Å². The molecule has 0 aliphatic heterocycles. The molecule has 0 saturated carbocycles. The molecule has 0 aromatic rings. The zero-order valence-electron chi connectivity index (χ0n) is 13.7. The average molecular weight is 389 g/mol. The van der Waals surface area contributed by atoms with Gasteiger partial charge in [-0.25, -0.2) is 0 Å². The van der Waals surface area contributed by atoms with Gasteiger partial charge in [0.05, 0.1) is 0 Å². The summed E-state index contributed by atoms with van der Waals surface area (Å²) in [6.45, 7) is 19.3. The first-order chi connectivity index (χ1) is 8.68. The van der Waals surface area contributed by atoms with Crippen LogP contribution in [-0.4, -0.2) is 35.0 Å². The fourth-order valence-electron chi connectivity index (χ4n) is 2.46. The Labute approximate surface area is 139 Å². The summed E-state index contributed by atoms with van der Waals surface area (Å²) in [4.78, 5) is 0. The predicted molar refractivity (Wildman–Crippen MR) is 95.8 cm³/mol. The molecule has 0 unspecified atom stereocenters. The third kappa shape index (κ3) is 12.2. The molecule has 0 aromatic carbocycles. The second-order valence-electron chi connectivity index (χ2n) is 5.90. The molecule has 0 rings (SSSR count). The third-order valence-corrected chi connectivity index (χ3v) is 10.4. The maximum absolute atomic E-state index is 4.76. The van der Waals surface area contributed by atoms with Crippen molar-refractivity contribution in [3.05, 3.63) is 0 Å². The molecule has 0 bridgehead atoms.